The van der Waals surface area contributed by atoms with Crippen molar-refractivity contribution in [2.24, 2.45) is 12.5 Å². The number of benzene rings is 1. The fraction of sp³-hybridized carbons (Fsp3) is 0.500. The summed E-state index contributed by atoms with van der Waals surface area (Å²) in [4.78, 5) is 0. The van der Waals surface area contributed by atoms with Gasteiger partial charge in [-0.25, -0.2) is 0 Å². The topological polar surface area (TPSA) is 30.7 Å². The second kappa shape index (κ2) is 4.17. The van der Waals surface area contributed by atoms with E-state index in [1.807, 2.05) is 7.05 Å². The van der Waals surface area contributed by atoms with Crippen LogP contribution in [-0.4, -0.2) is 14.8 Å². The maximum atomic E-state index is 4.30. The van der Waals surface area contributed by atoms with Crippen molar-refractivity contribution in [3.05, 3.63) is 46.5 Å². The van der Waals surface area contributed by atoms with Crippen LogP contribution >= 0.6 is 15.9 Å². The Bertz CT molecular complexity index is 649. The van der Waals surface area contributed by atoms with Crippen LogP contribution in [0.1, 0.15) is 37.1 Å². The Morgan fingerprint density at radius 1 is 1.30 bits per heavy atom. The van der Waals surface area contributed by atoms with E-state index in [0.717, 1.165) is 12.2 Å². The van der Waals surface area contributed by atoms with E-state index in [-0.39, 0.29) is 5.41 Å². The Balaban J connectivity index is 1.70. The minimum absolute atomic E-state index is 0.265. The zero-order valence-electron chi connectivity index (χ0n) is 11.6. The van der Waals surface area contributed by atoms with E-state index in [2.05, 4.69) is 55.0 Å². The molecule has 4 rings (SSSR count). The van der Waals surface area contributed by atoms with Gasteiger partial charge in [-0.05, 0) is 48.8 Å². The van der Waals surface area contributed by atoms with Crippen LogP contribution in [0.25, 0.3) is 0 Å². The zero-order valence-corrected chi connectivity index (χ0v) is 13.2. The zero-order chi connectivity index (χ0) is 13.8. The highest BCUT2D eigenvalue weighted by molar-refractivity contribution is 9.10. The molecule has 1 heterocycles. The Morgan fingerprint density at radius 3 is 2.70 bits per heavy atom. The second-order valence-electron chi connectivity index (χ2n) is 6.68. The summed E-state index contributed by atoms with van der Waals surface area (Å²) in [6.45, 7) is 0. The highest BCUT2D eigenvalue weighted by Crippen LogP contribution is 2.69. The molecule has 2 aromatic rings. The van der Waals surface area contributed by atoms with Gasteiger partial charge in [0, 0.05) is 23.4 Å². The standard InChI is InChI=1S/C16H18BrN3/c1-20-11-18-19-14(20)8-16(9-15(10-16)5-6-15)12-3-2-4-13(17)7-12/h2-4,7,11H,5-6,8-10H2,1H3. The lowest BCUT2D eigenvalue weighted by Crippen LogP contribution is -2.45. The lowest BCUT2D eigenvalue weighted by Gasteiger charge is -2.49. The molecule has 0 N–H and O–H groups in total. The van der Waals surface area contributed by atoms with E-state index in [1.165, 1.54) is 35.7 Å². The molecule has 2 saturated carbocycles. The first-order valence-corrected chi connectivity index (χ1v) is 7.99. The van der Waals surface area contributed by atoms with Crippen molar-refractivity contribution in [1.29, 1.82) is 0 Å². The molecule has 1 aromatic heterocycles. The van der Waals surface area contributed by atoms with Gasteiger partial charge in [0.05, 0.1) is 0 Å². The van der Waals surface area contributed by atoms with Gasteiger partial charge in [0.1, 0.15) is 12.2 Å². The van der Waals surface area contributed by atoms with Gasteiger partial charge in [-0.3, -0.25) is 0 Å². The number of hydrogen-bond acceptors (Lipinski definition) is 2. The smallest absolute Gasteiger partial charge is 0.133 e. The SMILES string of the molecule is Cn1cnnc1CC1(c2cccc(Br)c2)CC2(CC2)C1. The predicted octanol–water partition coefficient (Wildman–Crippen LogP) is 3.63. The molecule has 0 saturated heterocycles. The van der Waals surface area contributed by atoms with Crippen molar-refractivity contribution < 1.29 is 0 Å². The summed E-state index contributed by atoms with van der Waals surface area (Å²) in [5.74, 6) is 1.10. The van der Waals surface area contributed by atoms with Crippen LogP contribution < -0.4 is 0 Å². The minimum Gasteiger partial charge on any atom is -0.321 e. The molecule has 3 nitrogen and oxygen atoms in total. The summed E-state index contributed by atoms with van der Waals surface area (Å²) in [6.07, 6.45) is 8.26. The number of rotatable bonds is 3. The van der Waals surface area contributed by atoms with Crippen molar-refractivity contribution in [2.75, 3.05) is 0 Å². The van der Waals surface area contributed by atoms with Crippen LogP contribution in [0.3, 0.4) is 0 Å². The Hall–Kier alpha value is -1.16. The van der Waals surface area contributed by atoms with Gasteiger partial charge in [-0.2, -0.15) is 0 Å². The van der Waals surface area contributed by atoms with Gasteiger partial charge in [0.15, 0.2) is 0 Å². The molecule has 0 atom stereocenters. The monoisotopic (exact) mass is 331 g/mol. The van der Waals surface area contributed by atoms with Gasteiger partial charge in [0.2, 0.25) is 0 Å². The molecular weight excluding hydrogens is 314 g/mol. The summed E-state index contributed by atoms with van der Waals surface area (Å²) in [5, 5.41) is 8.33. The van der Waals surface area contributed by atoms with Crippen LogP contribution in [0, 0.1) is 5.41 Å². The normalized spacial score (nSPS) is 21.7. The van der Waals surface area contributed by atoms with Crippen molar-refractivity contribution in [2.45, 2.75) is 37.5 Å². The van der Waals surface area contributed by atoms with Crippen molar-refractivity contribution in [1.82, 2.24) is 14.8 Å². The van der Waals surface area contributed by atoms with Crippen LogP contribution in [-0.2, 0) is 18.9 Å². The van der Waals surface area contributed by atoms with Gasteiger partial charge in [-0.1, -0.05) is 28.1 Å². The molecule has 1 aromatic carbocycles. The Kier molecular flexibility index (Phi) is 2.62. The molecule has 0 radical (unpaired) electrons. The molecule has 2 aliphatic carbocycles. The number of nitrogens with zero attached hydrogens (tertiary/aromatic N) is 3. The maximum absolute atomic E-state index is 4.30. The molecule has 2 fully saturated rings. The number of aryl methyl sites for hydroxylation is 1. The number of hydrogen-bond donors (Lipinski definition) is 0. The Morgan fingerprint density at radius 2 is 2.10 bits per heavy atom. The third kappa shape index (κ3) is 1.93. The van der Waals surface area contributed by atoms with Gasteiger partial charge < -0.3 is 4.57 Å². The van der Waals surface area contributed by atoms with Gasteiger partial charge in [0.25, 0.3) is 0 Å². The highest BCUT2D eigenvalue weighted by Gasteiger charge is 2.61. The molecule has 0 aliphatic heterocycles. The average molecular weight is 332 g/mol. The number of halogens is 1. The van der Waals surface area contributed by atoms with Crippen LogP contribution in [0.15, 0.2) is 35.1 Å². The molecule has 4 heteroatoms. The fourth-order valence-electron chi connectivity index (χ4n) is 3.93. The van der Waals surface area contributed by atoms with E-state index in [4.69, 9.17) is 0 Å². The first-order valence-electron chi connectivity index (χ1n) is 7.20. The fourth-order valence-corrected chi connectivity index (χ4v) is 4.33. The maximum Gasteiger partial charge on any atom is 0.133 e. The first-order chi connectivity index (χ1) is 9.61. The van der Waals surface area contributed by atoms with E-state index >= 15 is 0 Å². The summed E-state index contributed by atoms with van der Waals surface area (Å²) >= 11 is 3.61. The minimum atomic E-state index is 0.265. The molecule has 104 valence electrons. The van der Waals surface area contributed by atoms with E-state index in [9.17, 15) is 0 Å². The van der Waals surface area contributed by atoms with Crippen molar-refractivity contribution in [3.63, 3.8) is 0 Å². The first kappa shape index (κ1) is 12.6. The molecule has 0 bridgehead atoms. The van der Waals surface area contributed by atoms with Gasteiger partial charge in [-0.15, -0.1) is 10.2 Å². The largest absolute Gasteiger partial charge is 0.321 e. The molecule has 0 unspecified atom stereocenters. The van der Waals surface area contributed by atoms with Crippen molar-refractivity contribution in [3.8, 4) is 0 Å². The van der Waals surface area contributed by atoms with Crippen LogP contribution in [0.4, 0.5) is 0 Å². The van der Waals surface area contributed by atoms with Gasteiger partial charge >= 0.3 is 0 Å². The quantitative estimate of drug-likeness (QED) is 0.859. The third-order valence-electron chi connectivity index (χ3n) is 5.12. The lowest BCUT2D eigenvalue weighted by molar-refractivity contribution is 0.115. The third-order valence-corrected chi connectivity index (χ3v) is 5.62. The van der Waals surface area contributed by atoms with Crippen molar-refractivity contribution >= 4 is 15.9 Å². The summed E-state index contributed by atoms with van der Waals surface area (Å²) in [5.41, 5.74) is 2.38. The average Bonchev–Trinajstić information content (AvgIpc) is 3.07. The summed E-state index contributed by atoms with van der Waals surface area (Å²) in [7, 11) is 2.04. The number of aromatic nitrogens is 3. The van der Waals surface area contributed by atoms with E-state index < -0.39 is 0 Å². The van der Waals surface area contributed by atoms with Crippen LogP contribution in [0.5, 0.6) is 0 Å². The summed E-state index contributed by atoms with van der Waals surface area (Å²) in [6, 6.07) is 8.81. The molecule has 2 aliphatic rings. The van der Waals surface area contributed by atoms with E-state index in [1.54, 1.807) is 6.33 Å². The molecule has 20 heavy (non-hydrogen) atoms. The molecule has 1 spiro atoms. The predicted molar refractivity (Wildman–Crippen MR) is 81.4 cm³/mol. The van der Waals surface area contributed by atoms with Crippen LogP contribution in [0.2, 0.25) is 0 Å². The lowest BCUT2D eigenvalue weighted by atomic mass is 9.55. The molecule has 0 amide bonds. The molecular formula is C16H18BrN3. The highest BCUT2D eigenvalue weighted by atomic mass is 79.9. The second-order valence-corrected chi connectivity index (χ2v) is 7.59. The summed E-state index contributed by atoms with van der Waals surface area (Å²) < 4.78 is 3.22. The van der Waals surface area contributed by atoms with E-state index in [0.29, 0.717) is 5.41 Å². The Labute approximate surface area is 127 Å².